The number of imide groups is 1. The van der Waals surface area contributed by atoms with Gasteiger partial charge in [0.25, 0.3) is 17.1 Å². The Balaban J connectivity index is 1.49. The number of hydrogen-bond donors (Lipinski definition) is 1. The average molecular weight is 428 g/mol. The second-order valence-electron chi connectivity index (χ2n) is 6.79. The lowest BCUT2D eigenvalue weighted by atomic mass is 10.1. The van der Waals surface area contributed by atoms with Gasteiger partial charge in [0.1, 0.15) is 11.6 Å². The molecule has 1 aliphatic heterocycles. The SMILES string of the molecule is Cc1ccc(C)c(OCC(=O)NCCN2C(=O)S/C(=C\c3ccc(F)cc3)C2=O)c1. The van der Waals surface area contributed by atoms with Gasteiger partial charge >= 0.3 is 0 Å². The number of thioether (sulfide) groups is 1. The van der Waals surface area contributed by atoms with Gasteiger partial charge in [-0.2, -0.15) is 0 Å². The number of halogens is 1. The van der Waals surface area contributed by atoms with Gasteiger partial charge in [0, 0.05) is 13.1 Å². The minimum Gasteiger partial charge on any atom is -0.483 e. The van der Waals surface area contributed by atoms with E-state index in [0.717, 1.165) is 27.8 Å². The van der Waals surface area contributed by atoms with Crippen LogP contribution in [-0.4, -0.2) is 41.6 Å². The second-order valence-corrected chi connectivity index (χ2v) is 7.79. The van der Waals surface area contributed by atoms with E-state index >= 15 is 0 Å². The standard InChI is InChI=1S/C22H21FN2O4S/c1-14-3-4-15(2)18(11-14)29-13-20(26)24-9-10-25-21(27)19(30-22(25)28)12-16-5-7-17(23)8-6-16/h3-8,11-12H,9-10,13H2,1-2H3,(H,24,26)/b19-12-. The zero-order valence-electron chi connectivity index (χ0n) is 16.6. The number of benzene rings is 2. The molecule has 0 spiro atoms. The van der Waals surface area contributed by atoms with Crippen molar-refractivity contribution in [3.8, 4) is 5.75 Å². The van der Waals surface area contributed by atoms with Crippen LogP contribution in [0.2, 0.25) is 0 Å². The Morgan fingerprint density at radius 2 is 1.90 bits per heavy atom. The molecule has 1 saturated heterocycles. The Bertz CT molecular complexity index is 1000. The van der Waals surface area contributed by atoms with Gasteiger partial charge in [-0.1, -0.05) is 24.3 Å². The van der Waals surface area contributed by atoms with Crippen molar-refractivity contribution >= 4 is 34.9 Å². The Morgan fingerprint density at radius 3 is 2.63 bits per heavy atom. The Labute approximate surface area is 178 Å². The fourth-order valence-electron chi connectivity index (χ4n) is 2.77. The summed E-state index contributed by atoms with van der Waals surface area (Å²) < 4.78 is 18.5. The van der Waals surface area contributed by atoms with Gasteiger partial charge in [-0.15, -0.1) is 0 Å². The van der Waals surface area contributed by atoms with E-state index in [1.54, 1.807) is 6.08 Å². The molecule has 8 heteroatoms. The zero-order chi connectivity index (χ0) is 21.7. The van der Waals surface area contributed by atoms with Crippen LogP contribution < -0.4 is 10.1 Å². The Hall–Kier alpha value is -3.13. The van der Waals surface area contributed by atoms with Crippen molar-refractivity contribution in [1.82, 2.24) is 10.2 Å². The number of aryl methyl sites for hydroxylation is 2. The number of carbonyl (C=O) groups is 3. The van der Waals surface area contributed by atoms with Crippen LogP contribution in [0.4, 0.5) is 9.18 Å². The largest absolute Gasteiger partial charge is 0.483 e. The van der Waals surface area contributed by atoms with Crippen LogP contribution in [0.25, 0.3) is 6.08 Å². The normalized spacial score (nSPS) is 15.0. The summed E-state index contributed by atoms with van der Waals surface area (Å²) >= 11 is 0.818. The molecule has 1 aliphatic rings. The smallest absolute Gasteiger partial charge is 0.293 e. The maximum absolute atomic E-state index is 13.0. The quantitative estimate of drug-likeness (QED) is 0.681. The molecule has 156 valence electrons. The molecule has 1 N–H and O–H groups in total. The Kier molecular flexibility index (Phi) is 6.89. The van der Waals surface area contributed by atoms with Crippen molar-refractivity contribution in [2.45, 2.75) is 13.8 Å². The molecule has 0 atom stereocenters. The van der Waals surface area contributed by atoms with E-state index in [1.807, 2.05) is 32.0 Å². The van der Waals surface area contributed by atoms with Gasteiger partial charge in [-0.3, -0.25) is 19.3 Å². The molecule has 1 fully saturated rings. The molecule has 0 aromatic heterocycles. The summed E-state index contributed by atoms with van der Waals surface area (Å²) in [4.78, 5) is 37.9. The molecule has 30 heavy (non-hydrogen) atoms. The van der Waals surface area contributed by atoms with Crippen molar-refractivity contribution in [2.75, 3.05) is 19.7 Å². The Morgan fingerprint density at radius 1 is 1.17 bits per heavy atom. The van der Waals surface area contributed by atoms with E-state index in [2.05, 4.69) is 5.32 Å². The third kappa shape index (κ3) is 5.48. The summed E-state index contributed by atoms with van der Waals surface area (Å²) in [7, 11) is 0. The first kappa shape index (κ1) is 21.6. The average Bonchev–Trinajstić information content (AvgIpc) is 2.97. The highest BCUT2D eigenvalue weighted by Crippen LogP contribution is 2.31. The molecule has 0 saturated carbocycles. The van der Waals surface area contributed by atoms with Gasteiger partial charge in [-0.25, -0.2) is 4.39 Å². The van der Waals surface area contributed by atoms with Crippen molar-refractivity contribution < 1.29 is 23.5 Å². The number of amides is 3. The number of carbonyl (C=O) groups excluding carboxylic acids is 3. The molecule has 0 bridgehead atoms. The maximum Gasteiger partial charge on any atom is 0.293 e. The monoisotopic (exact) mass is 428 g/mol. The van der Waals surface area contributed by atoms with E-state index in [0.29, 0.717) is 11.3 Å². The summed E-state index contributed by atoms with van der Waals surface area (Å²) in [5, 5.41) is 2.24. The summed E-state index contributed by atoms with van der Waals surface area (Å²) in [6.07, 6.45) is 1.54. The lowest BCUT2D eigenvalue weighted by Gasteiger charge is -2.14. The molecule has 0 unspecified atom stereocenters. The van der Waals surface area contributed by atoms with Crippen LogP contribution >= 0.6 is 11.8 Å². The first-order chi connectivity index (χ1) is 14.3. The molecule has 6 nitrogen and oxygen atoms in total. The maximum atomic E-state index is 13.0. The summed E-state index contributed by atoms with van der Waals surface area (Å²) in [5.74, 6) is -0.514. The summed E-state index contributed by atoms with van der Waals surface area (Å²) in [5.41, 5.74) is 2.59. The molecule has 2 aromatic carbocycles. The van der Waals surface area contributed by atoms with E-state index in [4.69, 9.17) is 4.74 Å². The first-order valence-corrected chi connectivity index (χ1v) is 10.1. The molecular weight excluding hydrogens is 407 g/mol. The van der Waals surface area contributed by atoms with Gasteiger partial charge < -0.3 is 10.1 Å². The lowest BCUT2D eigenvalue weighted by Crippen LogP contribution is -2.38. The predicted octanol–water partition coefficient (Wildman–Crippen LogP) is 3.67. The van der Waals surface area contributed by atoms with Crippen LogP contribution in [0, 0.1) is 19.7 Å². The van der Waals surface area contributed by atoms with Gasteiger partial charge in [0.2, 0.25) is 0 Å². The van der Waals surface area contributed by atoms with Crippen molar-refractivity contribution in [1.29, 1.82) is 0 Å². The third-order valence-corrected chi connectivity index (χ3v) is 5.31. The van der Waals surface area contributed by atoms with E-state index in [-0.39, 0.29) is 36.3 Å². The molecular formula is C22H21FN2O4S. The molecule has 2 aromatic rings. The topological polar surface area (TPSA) is 75.7 Å². The highest BCUT2D eigenvalue weighted by Gasteiger charge is 2.34. The fourth-order valence-corrected chi connectivity index (χ4v) is 3.63. The minimum atomic E-state index is -0.435. The predicted molar refractivity (Wildman–Crippen MR) is 113 cm³/mol. The first-order valence-electron chi connectivity index (χ1n) is 9.31. The van der Waals surface area contributed by atoms with Crippen molar-refractivity contribution in [3.63, 3.8) is 0 Å². The fraction of sp³-hybridized carbons (Fsp3) is 0.227. The lowest BCUT2D eigenvalue weighted by molar-refractivity contribution is -0.125. The van der Waals surface area contributed by atoms with Gasteiger partial charge in [0.05, 0.1) is 4.91 Å². The van der Waals surface area contributed by atoms with Crippen molar-refractivity contribution in [3.05, 3.63) is 69.9 Å². The molecule has 3 rings (SSSR count). The molecule has 0 radical (unpaired) electrons. The highest BCUT2D eigenvalue weighted by atomic mass is 32.2. The van der Waals surface area contributed by atoms with Crippen LogP contribution in [0.1, 0.15) is 16.7 Å². The minimum absolute atomic E-state index is 0.0562. The summed E-state index contributed by atoms with van der Waals surface area (Å²) in [6, 6.07) is 11.4. The molecule has 0 aliphatic carbocycles. The van der Waals surface area contributed by atoms with Gasteiger partial charge in [-0.05, 0) is 66.6 Å². The van der Waals surface area contributed by atoms with Crippen LogP contribution in [0.5, 0.6) is 5.75 Å². The summed E-state index contributed by atoms with van der Waals surface area (Å²) in [6.45, 7) is 3.85. The van der Waals surface area contributed by atoms with Crippen LogP contribution in [0.3, 0.4) is 0 Å². The molecule has 1 heterocycles. The van der Waals surface area contributed by atoms with Crippen molar-refractivity contribution in [2.24, 2.45) is 0 Å². The number of hydrogen-bond acceptors (Lipinski definition) is 5. The van der Waals surface area contributed by atoms with E-state index < -0.39 is 11.1 Å². The number of nitrogens with zero attached hydrogens (tertiary/aromatic N) is 1. The number of ether oxygens (including phenoxy) is 1. The van der Waals surface area contributed by atoms with E-state index in [9.17, 15) is 18.8 Å². The van der Waals surface area contributed by atoms with E-state index in [1.165, 1.54) is 24.3 Å². The second kappa shape index (κ2) is 9.58. The number of rotatable bonds is 7. The highest BCUT2D eigenvalue weighted by molar-refractivity contribution is 8.18. The van der Waals surface area contributed by atoms with Crippen LogP contribution in [0.15, 0.2) is 47.4 Å². The third-order valence-electron chi connectivity index (χ3n) is 4.40. The van der Waals surface area contributed by atoms with Crippen LogP contribution in [-0.2, 0) is 9.59 Å². The molecule has 3 amide bonds. The van der Waals surface area contributed by atoms with Gasteiger partial charge in [0.15, 0.2) is 6.61 Å². The zero-order valence-corrected chi connectivity index (χ0v) is 17.4. The number of nitrogens with one attached hydrogen (secondary N) is 1.